The first kappa shape index (κ1) is 14.0. The highest BCUT2D eigenvalue weighted by Crippen LogP contribution is 2.19. The first-order chi connectivity index (χ1) is 9.56. The molecule has 0 saturated carbocycles. The van der Waals surface area contributed by atoms with Crippen molar-refractivity contribution in [1.29, 1.82) is 0 Å². The summed E-state index contributed by atoms with van der Waals surface area (Å²) in [6.45, 7) is 5.11. The highest BCUT2D eigenvalue weighted by Gasteiger charge is 2.08. The third kappa shape index (κ3) is 3.57. The average Bonchev–Trinajstić information content (AvgIpc) is 2.88. The second kappa shape index (κ2) is 6.18. The quantitative estimate of drug-likeness (QED) is 0.874. The van der Waals surface area contributed by atoms with Crippen LogP contribution in [0.25, 0.3) is 0 Å². The number of aromatic nitrogens is 3. The van der Waals surface area contributed by atoms with Gasteiger partial charge in [0.05, 0.1) is 12.7 Å². The molecule has 1 aromatic carbocycles. The summed E-state index contributed by atoms with van der Waals surface area (Å²) in [6.07, 6.45) is 1.39. The van der Waals surface area contributed by atoms with E-state index in [1.54, 1.807) is 0 Å². The zero-order chi connectivity index (χ0) is 14.5. The fraction of sp³-hybridized carbons (Fsp3) is 0.357. The van der Waals surface area contributed by atoms with Crippen molar-refractivity contribution >= 4 is 5.97 Å². The SMILES string of the molecule is CC(C)c1cccc(OCCn2cc(C(=O)O)nn2)c1. The molecule has 1 heterocycles. The zero-order valence-corrected chi connectivity index (χ0v) is 11.5. The van der Waals surface area contributed by atoms with Gasteiger partial charge in [-0.15, -0.1) is 5.10 Å². The van der Waals surface area contributed by atoms with Crippen molar-refractivity contribution in [1.82, 2.24) is 15.0 Å². The maximum atomic E-state index is 10.7. The Labute approximate surface area is 117 Å². The summed E-state index contributed by atoms with van der Waals surface area (Å²) in [7, 11) is 0. The molecule has 6 nitrogen and oxygen atoms in total. The molecule has 0 aliphatic carbocycles. The van der Waals surface area contributed by atoms with Crippen LogP contribution < -0.4 is 4.74 Å². The third-order valence-corrected chi connectivity index (χ3v) is 2.87. The van der Waals surface area contributed by atoms with Gasteiger partial charge in [-0.25, -0.2) is 9.48 Å². The number of hydrogen-bond donors (Lipinski definition) is 1. The number of nitrogens with zero attached hydrogens (tertiary/aromatic N) is 3. The molecular weight excluding hydrogens is 258 g/mol. The molecule has 20 heavy (non-hydrogen) atoms. The Morgan fingerprint density at radius 3 is 2.90 bits per heavy atom. The van der Waals surface area contributed by atoms with Gasteiger partial charge in [0.1, 0.15) is 12.4 Å². The van der Waals surface area contributed by atoms with Gasteiger partial charge in [0.25, 0.3) is 0 Å². The molecular formula is C14H17N3O3. The van der Waals surface area contributed by atoms with Crippen molar-refractivity contribution in [3.8, 4) is 5.75 Å². The van der Waals surface area contributed by atoms with E-state index in [4.69, 9.17) is 9.84 Å². The van der Waals surface area contributed by atoms with E-state index in [1.807, 2.05) is 18.2 Å². The molecule has 2 aromatic rings. The van der Waals surface area contributed by atoms with Crippen molar-refractivity contribution in [2.24, 2.45) is 0 Å². The molecule has 0 amide bonds. The molecule has 1 N–H and O–H groups in total. The first-order valence-electron chi connectivity index (χ1n) is 6.42. The number of carboxylic acid groups (broad SMARTS) is 1. The Morgan fingerprint density at radius 2 is 2.25 bits per heavy atom. The van der Waals surface area contributed by atoms with Gasteiger partial charge in [0.15, 0.2) is 5.69 Å². The van der Waals surface area contributed by atoms with Crippen molar-refractivity contribution in [2.45, 2.75) is 26.3 Å². The van der Waals surface area contributed by atoms with Crippen molar-refractivity contribution in [3.05, 3.63) is 41.7 Å². The fourth-order valence-corrected chi connectivity index (χ4v) is 1.73. The lowest BCUT2D eigenvalue weighted by atomic mass is 10.0. The first-order valence-corrected chi connectivity index (χ1v) is 6.42. The van der Waals surface area contributed by atoms with Crippen LogP contribution >= 0.6 is 0 Å². The molecule has 0 aliphatic rings. The molecule has 0 fully saturated rings. The van der Waals surface area contributed by atoms with Gasteiger partial charge in [0, 0.05) is 0 Å². The molecule has 0 bridgehead atoms. The van der Waals surface area contributed by atoms with Crippen LogP contribution in [-0.2, 0) is 6.54 Å². The summed E-state index contributed by atoms with van der Waals surface area (Å²) in [5.74, 6) is 0.170. The van der Waals surface area contributed by atoms with Crippen LogP contribution in [0.2, 0.25) is 0 Å². The van der Waals surface area contributed by atoms with E-state index in [2.05, 4.69) is 30.2 Å². The smallest absolute Gasteiger partial charge is 0.358 e. The summed E-state index contributed by atoms with van der Waals surface area (Å²) in [6, 6.07) is 7.93. The van der Waals surface area contributed by atoms with Crippen LogP contribution in [0.3, 0.4) is 0 Å². The molecule has 0 saturated heterocycles. The van der Waals surface area contributed by atoms with Crippen molar-refractivity contribution in [2.75, 3.05) is 6.61 Å². The Morgan fingerprint density at radius 1 is 1.45 bits per heavy atom. The van der Waals surface area contributed by atoms with Crippen molar-refractivity contribution < 1.29 is 14.6 Å². The fourth-order valence-electron chi connectivity index (χ4n) is 1.73. The standard InChI is InChI=1S/C14H17N3O3/c1-10(2)11-4-3-5-12(8-11)20-7-6-17-9-13(14(18)19)15-16-17/h3-5,8-10H,6-7H2,1-2H3,(H,18,19). The molecule has 6 heteroatoms. The van der Waals surface area contributed by atoms with Gasteiger partial charge >= 0.3 is 5.97 Å². The number of hydrogen-bond acceptors (Lipinski definition) is 4. The highest BCUT2D eigenvalue weighted by atomic mass is 16.5. The van der Waals surface area contributed by atoms with Gasteiger partial charge in [-0.1, -0.05) is 31.2 Å². The number of carboxylic acids is 1. The lowest BCUT2D eigenvalue weighted by Gasteiger charge is -2.09. The molecule has 2 rings (SSSR count). The monoisotopic (exact) mass is 275 g/mol. The van der Waals surface area contributed by atoms with E-state index in [0.717, 1.165) is 5.75 Å². The normalized spacial score (nSPS) is 10.8. The maximum Gasteiger partial charge on any atom is 0.358 e. The van der Waals surface area contributed by atoms with Crippen LogP contribution in [-0.4, -0.2) is 32.7 Å². The van der Waals surface area contributed by atoms with E-state index in [9.17, 15) is 4.79 Å². The number of ether oxygens (including phenoxy) is 1. The molecule has 0 unspecified atom stereocenters. The summed E-state index contributed by atoms with van der Waals surface area (Å²) in [4.78, 5) is 10.7. The highest BCUT2D eigenvalue weighted by molar-refractivity contribution is 5.84. The predicted octanol–water partition coefficient (Wildman–Crippen LogP) is 2.18. The van der Waals surface area contributed by atoms with Crippen LogP contribution in [0.4, 0.5) is 0 Å². The van der Waals surface area contributed by atoms with E-state index in [-0.39, 0.29) is 5.69 Å². The van der Waals surface area contributed by atoms with E-state index < -0.39 is 5.97 Å². The van der Waals surface area contributed by atoms with E-state index in [1.165, 1.54) is 16.4 Å². The summed E-state index contributed by atoms with van der Waals surface area (Å²) in [5.41, 5.74) is 1.16. The molecule has 0 radical (unpaired) electrons. The summed E-state index contributed by atoms with van der Waals surface area (Å²) < 4.78 is 7.09. The van der Waals surface area contributed by atoms with E-state index >= 15 is 0 Å². The number of rotatable bonds is 6. The van der Waals surface area contributed by atoms with Crippen molar-refractivity contribution in [3.63, 3.8) is 0 Å². The third-order valence-electron chi connectivity index (χ3n) is 2.87. The van der Waals surface area contributed by atoms with Crippen LogP contribution in [0.1, 0.15) is 35.8 Å². The second-order valence-electron chi connectivity index (χ2n) is 4.75. The van der Waals surface area contributed by atoms with Gasteiger partial charge in [-0.3, -0.25) is 0 Å². The summed E-state index contributed by atoms with van der Waals surface area (Å²) in [5, 5.41) is 16.0. The van der Waals surface area contributed by atoms with Gasteiger partial charge < -0.3 is 9.84 Å². The Bertz CT molecular complexity index is 593. The van der Waals surface area contributed by atoms with Gasteiger partial charge in [-0.2, -0.15) is 0 Å². The van der Waals surface area contributed by atoms with Crippen LogP contribution in [0.15, 0.2) is 30.5 Å². The minimum atomic E-state index is -1.08. The lowest BCUT2D eigenvalue weighted by molar-refractivity contribution is 0.0690. The summed E-state index contributed by atoms with van der Waals surface area (Å²) >= 11 is 0. The molecule has 0 aliphatic heterocycles. The van der Waals surface area contributed by atoms with Gasteiger partial charge in [-0.05, 0) is 23.6 Å². The average molecular weight is 275 g/mol. The second-order valence-corrected chi connectivity index (χ2v) is 4.75. The molecule has 1 aromatic heterocycles. The predicted molar refractivity (Wildman–Crippen MR) is 73.0 cm³/mol. The number of aromatic carboxylic acids is 1. The Kier molecular flexibility index (Phi) is 4.34. The lowest BCUT2D eigenvalue weighted by Crippen LogP contribution is -2.09. The molecule has 106 valence electrons. The minimum absolute atomic E-state index is 0.0631. The van der Waals surface area contributed by atoms with E-state index in [0.29, 0.717) is 19.1 Å². The molecule has 0 atom stereocenters. The van der Waals surface area contributed by atoms with Crippen LogP contribution in [0, 0.1) is 0 Å². The Hall–Kier alpha value is -2.37. The largest absolute Gasteiger partial charge is 0.492 e. The Balaban J connectivity index is 1.89. The van der Waals surface area contributed by atoms with Crippen LogP contribution in [0.5, 0.6) is 5.75 Å². The van der Waals surface area contributed by atoms with Gasteiger partial charge in [0.2, 0.25) is 0 Å². The minimum Gasteiger partial charge on any atom is -0.492 e. The zero-order valence-electron chi connectivity index (χ0n) is 11.5. The number of carbonyl (C=O) groups is 1. The maximum absolute atomic E-state index is 10.7. The number of benzene rings is 1. The molecule has 0 spiro atoms. The topological polar surface area (TPSA) is 77.2 Å².